The lowest BCUT2D eigenvalue weighted by atomic mass is 9.90. The smallest absolute Gasteiger partial charge is 0.0989 e. The fourth-order valence-electron chi connectivity index (χ4n) is 2.95. The first-order valence-corrected chi connectivity index (χ1v) is 6.71. The molecular formula is C13H24N2. The normalized spacial score (nSPS) is 24.9. The van der Waals surface area contributed by atoms with Gasteiger partial charge in [-0.2, -0.15) is 0 Å². The molecule has 0 radical (unpaired) electrons. The van der Waals surface area contributed by atoms with Crippen molar-refractivity contribution in [2.24, 2.45) is 5.92 Å². The zero-order valence-corrected chi connectivity index (χ0v) is 9.80. The van der Waals surface area contributed by atoms with Crippen LogP contribution in [0.4, 0.5) is 0 Å². The Balaban J connectivity index is 1.85. The first kappa shape index (κ1) is 11.0. The summed E-state index contributed by atoms with van der Waals surface area (Å²) in [5, 5.41) is 8.27. The molecule has 1 aliphatic carbocycles. The molecule has 15 heavy (non-hydrogen) atoms. The van der Waals surface area contributed by atoms with Crippen molar-refractivity contribution in [3.05, 3.63) is 0 Å². The van der Waals surface area contributed by atoms with Crippen molar-refractivity contribution >= 4 is 5.84 Å². The topological polar surface area (TPSA) is 27.1 Å². The highest BCUT2D eigenvalue weighted by Crippen LogP contribution is 2.25. The molecule has 1 saturated heterocycles. The minimum Gasteiger partial charge on any atom is -0.360 e. The SMILES string of the molecule is N=C(C1CCCCCCC1)N1CCCC1. The molecule has 0 atom stereocenters. The van der Waals surface area contributed by atoms with E-state index < -0.39 is 0 Å². The lowest BCUT2D eigenvalue weighted by Crippen LogP contribution is -2.33. The first-order valence-electron chi connectivity index (χ1n) is 6.71. The van der Waals surface area contributed by atoms with Crippen LogP contribution < -0.4 is 0 Å². The van der Waals surface area contributed by atoms with Crippen LogP contribution in [0.25, 0.3) is 0 Å². The molecule has 0 amide bonds. The fourth-order valence-corrected chi connectivity index (χ4v) is 2.95. The number of likely N-dealkylation sites (tertiary alicyclic amines) is 1. The van der Waals surface area contributed by atoms with Crippen LogP contribution >= 0.6 is 0 Å². The Morgan fingerprint density at radius 1 is 0.800 bits per heavy atom. The van der Waals surface area contributed by atoms with Crippen LogP contribution in [0.5, 0.6) is 0 Å². The van der Waals surface area contributed by atoms with Crippen molar-refractivity contribution in [2.75, 3.05) is 13.1 Å². The standard InChI is InChI=1S/C13H24N2/c14-13(15-10-6-7-11-15)12-8-4-2-1-3-5-9-12/h12,14H,1-11H2. The number of amidine groups is 1. The van der Waals surface area contributed by atoms with E-state index in [-0.39, 0.29) is 0 Å². The maximum Gasteiger partial charge on any atom is 0.0989 e. The van der Waals surface area contributed by atoms with Crippen LogP contribution in [0, 0.1) is 11.3 Å². The third kappa shape index (κ3) is 2.96. The maximum absolute atomic E-state index is 8.27. The van der Waals surface area contributed by atoms with Gasteiger partial charge in [-0.1, -0.05) is 32.1 Å². The molecule has 0 aromatic carbocycles. The van der Waals surface area contributed by atoms with Gasteiger partial charge in [-0.05, 0) is 25.7 Å². The Kier molecular flexibility index (Phi) is 4.04. The highest BCUT2D eigenvalue weighted by atomic mass is 15.2. The zero-order chi connectivity index (χ0) is 10.5. The average Bonchev–Trinajstić information content (AvgIpc) is 2.68. The molecule has 0 aromatic heterocycles. The zero-order valence-electron chi connectivity index (χ0n) is 9.80. The molecule has 1 aliphatic heterocycles. The summed E-state index contributed by atoms with van der Waals surface area (Å²) in [5.74, 6) is 1.55. The molecule has 2 heteroatoms. The Morgan fingerprint density at radius 3 is 1.93 bits per heavy atom. The molecule has 2 rings (SSSR count). The van der Waals surface area contributed by atoms with E-state index in [1.54, 1.807) is 0 Å². The molecule has 86 valence electrons. The van der Waals surface area contributed by atoms with E-state index in [2.05, 4.69) is 4.90 Å². The summed E-state index contributed by atoms with van der Waals surface area (Å²) in [6.45, 7) is 2.30. The maximum atomic E-state index is 8.27. The molecule has 1 saturated carbocycles. The number of hydrogen-bond acceptors (Lipinski definition) is 1. The molecule has 0 spiro atoms. The third-order valence-corrected chi connectivity index (χ3v) is 3.94. The predicted molar refractivity (Wildman–Crippen MR) is 64.3 cm³/mol. The minimum atomic E-state index is 0.586. The summed E-state index contributed by atoms with van der Waals surface area (Å²) in [6, 6.07) is 0. The Bertz CT molecular complexity index is 199. The number of nitrogens with one attached hydrogen (secondary N) is 1. The second kappa shape index (κ2) is 5.53. The van der Waals surface area contributed by atoms with Crippen LogP contribution in [0.15, 0.2) is 0 Å². The van der Waals surface area contributed by atoms with Crippen molar-refractivity contribution in [1.82, 2.24) is 4.90 Å². The van der Waals surface area contributed by atoms with Gasteiger partial charge in [-0.25, -0.2) is 0 Å². The summed E-state index contributed by atoms with van der Waals surface area (Å²) >= 11 is 0. The molecule has 1 N–H and O–H groups in total. The van der Waals surface area contributed by atoms with E-state index in [0.717, 1.165) is 18.9 Å². The van der Waals surface area contributed by atoms with Crippen LogP contribution in [-0.2, 0) is 0 Å². The van der Waals surface area contributed by atoms with Crippen molar-refractivity contribution in [3.63, 3.8) is 0 Å². The third-order valence-electron chi connectivity index (χ3n) is 3.94. The average molecular weight is 208 g/mol. The van der Waals surface area contributed by atoms with Gasteiger partial charge >= 0.3 is 0 Å². The summed E-state index contributed by atoms with van der Waals surface area (Å²) in [6.07, 6.45) is 12.0. The Labute approximate surface area is 93.6 Å². The molecule has 0 unspecified atom stereocenters. The molecule has 2 fully saturated rings. The van der Waals surface area contributed by atoms with Gasteiger partial charge in [0, 0.05) is 19.0 Å². The molecular weight excluding hydrogens is 184 g/mol. The number of hydrogen-bond donors (Lipinski definition) is 1. The summed E-state index contributed by atoms with van der Waals surface area (Å²) < 4.78 is 0. The summed E-state index contributed by atoms with van der Waals surface area (Å²) in [4.78, 5) is 2.33. The lowest BCUT2D eigenvalue weighted by Gasteiger charge is -2.27. The highest BCUT2D eigenvalue weighted by molar-refractivity contribution is 5.81. The van der Waals surface area contributed by atoms with Crippen LogP contribution in [-0.4, -0.2) is 23.8 Å². The summed E-state index contributed by atoms with van der Waals surface area (Å²) in [7, 11) is 0. The van der Waals surface area contributed by atoms with Gasteiger partial charge in [0.1, 0.15) is 0 Å². The van der Waals surface area contributed by atoms with Gasteiger partial charge in [0.15, 0.2) is 0 Å². The van der Waals surface area contributed by atoms with Gasteiger partial charge < -0.3 is 4.90 Å². The number of rotatable bonds is 1. The van der Waals surface area contributed by atoms with Crippen LogP contribution in [0.3, 0.4) is 0 Å². The second-order valence-electron chi connectivity index (χ2n) is 5.12. The molecule has 2 nitrogen and oxygen atoms in total. The van der Waals surface area contributed by atoms with E-state index in [9.17, 15) is 0 Å². The van der Waals surface area contributed by atoms with Gasteiger partial charge in [0.25, 0.3) is 0 Å². The van der Waals surface area contributed by atoms with Gasteiger partial charge in [0.05, 0.1) is 5.84 Å². The van der Waals surface area contributed by atoms with Gasteiger partial charge in [-0.15, -0.1) is 0 Å². The first-order chi connectivity index (χ1) is 7.38. The lowest BCUT2D eigenvalue weighted by molar-refractivity contribution is 0.400. The van der Waals surface area contributed by atoms with E-state index in [0.29, 0.717) is 5.92 Å². The molecule has 0 bridgehead atoms. The molecule has 1 heterocycles. The minimum absolute atomic E-state index is 0.586. The van der Waals surface area contributed by atoms with Crippen LogP contribution in [0.1, 0.15) is 57.8 Å². The van der Waals surface area contributed by atoms with Crippen molar-refractivity contribution in [1.29, 1.82) is 5.41 Å². The van der Waals surface area contributed by atoms with Gasteiger partial charge in [0.2, 0.25) is 0 Å². The largest absolute Gasteiger partial charge is 0.360 e. The highest BCUT2D eigenvalue weighted by Gasteiger charge is 2.22. The van der Waals surface area contributed by atoms with Crippen LogP contribution in [0.2, 0.25) is 0 Å². The predicted octanol–water partition coefficient (Wildman–Crippen LogP) is 3.42. The summed E-state index contributed by atoms with van der Waals surface area (Å²) in [5.41, 5.74) is 0. The van der Waals surface area contributed by atoms with Gasteiger partial charge in [-0.3, -0.25) is 5.41 Å². The number of nitrogens with zero attached hydrogens (tertiary/aromatic N) is 1. The van der Waals surface area contributed by atoms with E-state index in [4.69, 9.17) is 5.41 Å². The second-order valence-corrected chi connectivity index (χ2v) is 5.12. The monoisotopic (exact) mass is 208 g/mol. The van der Waals surface area contributed by atoms with Crippen molar-refractivity contribution in [3.8, 4) is 0 Å². The quantitative estimate of drug-likeness (QED) is 0.519. The fraction of sp³-hybridized carbons (Fsp3) is 0.923. The molecule has 2 aliphatic rings. The van der Waals surface area contributed by atoms with E-state index >= 15 is 0 Å². The Morgan fingerprint density at radius 2 is 1.33 bits per heavy atom. The molecule has 0 aromatic rings. The van der Waals surface area contributed by atoms with E-state index in [1.165, 1.54) is 57.8 Å². The van der Waals surface area contributed by atoms with E-state index in [1.807, 2.05) is 0 Å². The Hall–Kier alpha value is -0.530. The van der Waals surface area contributed by atoms with Crippen molar-refractivity contribution < 1.29 is 0 Å². The van der Waals surface area contributed by atoms with Crippen molar-refractivity contribution in [2.45, 2.75) is 57.8 Å².